The fourth-order valence-electron chi connectivity index (χ4n) is 5.37. The van der Waals surface area contributed by atoms with Crippen molar-refractivity contribution in [2.24, 2.45) is 0 Å². The first-order valence-corrected chi connectivity index (χ1v) is 18.9. The molecule has 60 heavy (non-hydrogen) atoms. The number of rotatable bonds is 22. The minimum absolute atomic E-state index is 0.0244. The van der Waals surface area contributed by atoms with E-state index in [0.717, 1.165) is 0 Å². The Morgan fingerprint density at radius 1 is 0.450 bits per heavy atom. The summed E-state index contributed by atoms with van der Waals surface area (Å²) in [6.07, 6.45) is -1.62. The minimum Gasteiger partial charge on any atom is -0.491 e. The molecule has 0 spiro atoms. The average molecular weight is 831 g/mol. The molecular weight excluding hydrogens is 780 g/mol. The first-order valence-electron chi connectivity index (χ1n) is 18.9. The van der Waals surface area contributed by atoms with Gasteiger partial charge < -0.3 is 48.8 Å². The summed E-state index contributed by atoms with van der Waals surface area (Å²) in [5.41, 5.74) is -3.90. The van der Waals surface area contributed by atoms with Crippen LogP contribution in [-0.4, -0.2) is 106 Å². The number of Topliss-reactive ketones (excluding diaryl/α,β-unsaturated/α-hetero) is 3. The van der Waals surface area contributed by atoms with Crippen LogP contribution in [0, 0.1) is 0 Å². The van der Waals surface area contributed by atoms with Crippen molar-refractivity contribution >= 4 is 29.3 Å². The number of aliphatic hydroxyl groups excluding tert-OH is 1. The summed E-state index contributed by atoms with van der Waals surface area (Å²) in [6, 6.07) is 22.1. The Balaban J connectivity index is 1.37. The fraction of sp³-hybridized carbons (Fsp3) is 0.356. The lowest BCUT2D eigenvalue weighted by molar-refractivity contribution is -0.108. The molecule has 0 fully saturated rings. The summed E-state index contributed by atoms with van der Waals surface area (Å²) in [5.74, 6) is -1.90. The molecule has 1 unspecified atom stereocenters. The number of esters is 2. The lowest BCUT2D eigenvalue weighted by Crippen LogP contribution is -2.30. The van der Waals surface area contributed by atoms with Crippen molar-refractivity contribution in [2.75, 3.05) is 39.6 Å². The maximum Gasteiger partial charge on any atom is 0.338 e. The van der Waals surface area contributed by atoms with Crippen molar-refractivity contribution < 1.29 is 72.8 Å². The van der Waals surface area contributed by atoms with Crippen LogP contribution in [0.25, 0.3) is 0 Å². The third kappa shape index (κ3) is 13.8. The third-order valence-corrected chi connectivity index (χ3v) is 8.53. The number of carbonyl (C=O) groups is 5. The highest BCUT2D eigenvalue weighted by molar-refractivity contribution is 6.03. The quantitative estimate of drug-likeness (QED) is 0.0350. The van der Waals surface area contributed by atoms with Gasteiger partial charge in [0, 0.05) is 22.3 Å². The van der Waals surface area contributed by atoms with Crippen LogP contribution in [0.5, 0.6) is 17.2 Å². The molecule has 4 N–H and O–H groups in total. The normalized spacial score (nSPS) is 12.2. The molecule has 0 aromatic heterocycles. The van der Waals surface area contributed by atoms with E-state index >= 15 is 0 Å². The van der Waals surface area contributed by atoms with Crippen molar-refractivity contribution in [3.63, 3.8) is 0 Å². The number of hydrogen-bond donors (Lipinski definition) is 4. The van der Waals surface area contributed by atoms with Crippen LogP contribution in [0.1, 0.15) is 105 Å². The van der Waals surface area contributed by atoms with Gasteiger partial charge in [0.05, 0.1) is 17.7 Å². The van der Waals surface area contributed by atoms with Gasteiger partial charge in [0.2, 0.25) is 0 Å². The predicted molar refractivity (Wildman–Crippen MR) is 216 cm³/mol. The second-order valence-electron chi connectivity index (χ2n) is 15.1. The lowest BCUT2D eigenvalue weighted by atomic mass is 9.97. The highest BCUT2D eigenvalue weighted by atomic mass is 16.6. The summed E-state index contributed by atoms with van der Waals surface area (Å²) in [5, 5.41) is 40.8. The minimum atomic E-state index is -1.62. The smallest absolute Gasteiger partial charge is 0.338 e. The van der Waals surface area contributed by atoms with Gasteiger partial charge in [-0.15, -0.1) is 0 Å². The van der Waals surface area contributed by atoms with E-state index in [0.29, 0.717) is 33.9 Å². The van der Waals surface area contributed by atoms with Gasteiger partial charge >= 0.3 is 11.9 Å². The van der Waals surface area contributed by atoms with Gasteiger partial charge in [-0.2, -0.15) is 0 Å². The van der Waals surface area contributed by atoms with Gasteiger partial charge in [0.25, 0.3) is 0 Å². The molecule has 0 aliphatic rings. The lowest BCUT2D eigenvalue weighted by Gasteiger charge is -2.17. The van der Waals surface area contributed by atoms with Crippen molar-refractivity contribution in [1.29, 1.82) is 0 Å². The van der Waals surface area contributed by atoms with E-state index in [1.165, 1.54) is 120 Å². The summed E-state index contributed by atoms with van der Waals surface area (Å²) in [6.45, 7) is 7.64. The maximum absolute atomic E-state index is 13.2. The highest BCUT2D eigenvalue weighted by Gasteiger charge is 2.27. The van der Waals surface area contributed by atoms with E-state index in [1.54, 1.807) is 12.1 Å². The number of carbonyl (C=O) groups excluding carboxylic acids is 5. The van der Waals surface area contributed by atoms with Crippen molar-refractivity contribution in [2.45, 2.75) is 64.6 Å². The molecule has 0 aliphatic carbocycles. The first-order chi connectivity index (χ1) is 28.1. The topological polar surface area (TPSA) is 222 Å². The van der Waals surface area contributed by atoms with E-state index in [4.69, 9.17) is 28.4 Å². The summed E-state index contributed by atoms with van der Waals surface area (Å²) in [4.78, 5) is 63.2. The predicted octanol–water partition coefficient (Wildman–Crippen LogP) is 5.11. The number of benzene rings is 4. The van der Waals surface area contributed by atoms with Gasteiger partial charge in [-0.3, -0.25) is 14.4 Å². The number of aliphatic hydroxyl groups is 4. The standard InChI is InChI=1S/C45H50O15/c1-43(2,52)37(46)28-7-13-34(14-8-28)55-19-22-58-40(49)31-25-32(41(50)59-23-20-56-35-15-9-29(10-16-35)38(47)44(3,4)53)27-33(26-31)42(51)60-24-21-57-36-17-11-30(12-18-36)39(48)45(5,6)54/h7-18,25-27,40,49,52-54H,19-24H2,1-6H3. The fourth-order valence-corrected chi connectivity index (χ4v) is 5.37. The molecule has 1 atom stereocenters. The molecule has 0 amide bonds. The molecule has 320 valence electrons. The molecule has 0 saturated heterocycles. The Morgan fingerprint density at radius 2 is 0.750 bits per heavy atom. The maximum atomic E-state index is 13.2. The van der Waals surface area contributed by atoms with E-state index in [-0.39, 0.29) is 56.3 Å². The van der Waals surface area contributed by atoms with Crippen molar-refractivity contribution in [3.05, 3.63) is 124 Å². The summed E-state index contributed by atoms with van der Waals surface area (Å²) in [7, 11) is 0. The average Bonchev–Trinajstić information content (AvgIpc) is 3.21. The van der Waals surface area contributed by atoms with Gasteiger partial charge in [0.15, 0.2) is 23.6 Å². The molecule has 15 nitrogen and oxygen atoms in total. The molecule has 0 saturated carbocycles. The highest BCUT2D eigenvalue weighted by Crippen LogP contribution is 2.23. The second kappa shape index (κ2) is 20.3. The third-order valence-electron chi connectivity index (χ3n) is 8.53. The molecule has 4 rings (SSSR count). The SMILES string of the molecule is CC(C)(O)C(=O)c1ccc(OCCOC(=O)c2cc(C(=O)OCCOc3ccc(C(=O)C(C)(C)O)cc3)cc(C(O)OCCOc3ccc(C(=O)C(C)(C)O)cc3)c2)cc1. The zero-order chi connectivity index (χ0) is 44.3. The van der Waals surface area contributed by atoms with Crippen LogP contribution < -0.4 is 14.2 Å². The number of hydrogen-bond acceptors (Lipinski definition) is 15. The molecule has 0 heterocycles. The molecular formula is C45H50O15. The first kappa shape index (κ1) is 46.7. The number of ether oxygens (including phenoxy) is 6. The Morgan fingerprint density at radius 3 is 1.05 bits per heavy atom. The molecule has 0 bridgehead atoms. The van der Waals surface area contributed by atoms with Crippen LogP contribution in [0.15, 0.2) is 91.0 Å². The van der Waals surface area contributed by atoms with Crippen molar-refractivity contribution in [3.8, 4) is 17.2 Å². The van der Waals surface area contributed by atoms with Gasteiger partial charge in [0.1, 0.15) is 67.1 Å². The molecule has 0 aliphatic heterocycles. The van der Waals surface area contributed by atoms with Crippen LogP contribution in [-0.2, 0) is 14.2 Å². The van der Waals surface area contributed by atoms with E-state index in [9.17, 15) is 44.4 Å². The van der Waals surface area contributed by atoms with Gasteiger partial charge in [-0.1, -0.05) is 0 Å². The summed E-state index contributed by atoms with van der Waals surface area (Å²) < 4.78 is 33.1. The van der Waals surface area contributed by atoms with Crippen molar-refractivity contribution in [1.82, 2.24) is 0 Å². The van der Waals surface area contributed by atoms with Crippen LogP contribution in [0.3, 0.4) is 0 Å². The Kier molecular flexibility index (Phi) is 15.8. The Labute approximate surface area is 347 Å². The van der Waals surface area contributed by atoms with E-state index in [1.807, 2.05) is 0 Å². The summed E-state index contributed by atoms with van der Waals surface area (Å²) >= 11 is 0. The largest absolute Gasteiger partial charge is 0.491 e. The zero-order valence-corrected chi connectivity index (χ0v) is 34.3. The van der Waals surface area contributed by atoms with Crippen LogP contribution in [0.4, 0.5) is 0 Å². The Bertz CT molecular complexity index is 2000. The van der Waals surface area contributed by atoms with Crippen LogP contribution in [0.2, 0.25) is 0 Å². The van der Waals surface area contributed by atoms with E-state index in [2.05, 4.69) is 0 Å². The van der Waals surface area contributed by atoms with Gasteiger partial charge in [-0.05, 0) is 133 Å². The second-order valence-corrected chi connectivity index (χ2v) is 15.1. The number of ketones is 3. The molecule has 15 heteroatoms. The Hall–Kier alpha value is -5.97. The zero-order valence-electron chi connectivity index (χ0n) is 34.3. The monoisotopic (exact) mass is 830 g/mol. The van der Waals surface area contributed by atoms with Crippen LogP contribution >= 0.6 is 0 Å². The van der Waals surface area contributed by atoms with E-state index < -0.39 is 52.4 Å². The molecule has 4 aromatic carbocycles. The van der Waals surface area contributed by atoms with Gasteiger partial charge in [-0.25, -0.2) is 9.59 Å². The molecule has 0 radical (unpaired) electrons. The molecule has 4 aromatic rings.